The summed E-state index contributed by atoms with van der Waals surface area (Å²) in [5.74, 6) is 3.33. The molecule has 2 N–H and O–H groups in total. The third-order valence-electron chi connectivity index (χ3n) is 4.97. The Labute approximate surface area is 159 Å². The summed E-state index contributed by atoms with van der Waals surface area (Å²) in [4.78, 5) is 2.11. The predicted octanol–water partition coefficient (Wildman–Crippen LogP) is 4.50. The second kappa shape index (κ2) is 11.5. The average molecular weight is 349 g/mol. The van der Waals surface area contributed by atoms with Crippen LogP contribution in [0.3, 0.4) is 0 Å². The molecule has 1 fully saturated rings. The molecule has 3 rings (SSSR count). The van der Waals surface area contributed by atoms with Gasteiger partial charge >= 0.3 is 0 Å². The van der Waals surface area contributed by atoms with Crippen LogP contribution in [0.25, 0.3) is 0 Å². The Bertz CT molecular complexity index is 645. The van der Waals surface area contributed by atoms with Crippen molar-refractivity contribution in [3.63, 3.8) is 0 Å². The molecule has 2 heteroatoms. The van der Waals surface area contributed by atoms with Gasteiger partial charge < -0.3 is 5.73 Å². The average Bonchev–Trinajstić information content (AvgIpc) is 2.66. The van der Waals surface area contributed by atoms with Crippen molar-refractivity contribution >= 4 is 0 Å². The third-order valence-corrected chi connectivity index (χ3v) is 4.97. The van der Waals surface area contributed by atoms with E-state index in [-0.39, 0.29) is 0 Å². The van der Waals surface area contributed by atoms with Gasteiger partial charge in [-0.25, -0.2) is 0 Å². The molecule has 2 unspecified atom stereocenters. The van der Waals surface area contributed by atoms with Gasteiger partial charge in [0.05, 0.1) is 6.54 Å². The highest BCUT2D eigenvalue weighted by Crippen LogP contribution is 2.26. The van der Waals surface area contributed by atoms with Crippen LogP contribution < -0.4 is 5.73 Å². The van der Waals surface area contributed by atoms with Gasteiger partial charge in [0.25, 0.3) is 0 Å². The van der Waals surface area contributed by atoms with Crippen LogP contribution in [0.5, 0.6) is 0 Å². The largest absolute Gasteiger partial charge is 0.327 e. The third kappa shape index (κ3) is 7.44. The lowest BCUT2D eigenvalue weighted by molar-refractivity contribution is 0.306. The molecule has 1 aliphatic rings. The summed E-state index contributed by atoms with van der Waals surface area (Å²) in [5, 5.41) is 0. The molecule has 2 nitrogen and oxygen atoms in total. The Morgan fingerprint density at radius 2 is 1.54 bits per heavy atom. The zero-order valence-electron chi connectivity index (χ0n) is 16.0. The summed E-state index contributed by atoms with van der Waals surface area (Å²) in [6.07, 6.45) is 11.6. The molecular formula is C24H32N2. The summed E-state index contributed by atoms with van der Waals surface area (Å²) in [7, 11) is 2.02. The molecule has 0 aliphatic heterocycles. The van der Waals surface area contributed by atoms with Crippen LogP contribution in [-0.4, -0.2) is 24.5 Å². The smallest absolute Gasteiger partial charge is 0.0599 e. The topological polar surface area (TPSA) is 29.3 Å². The zero-order chi connectivity index (χ0) is 18.6. The Kier molecular flexibility index (Phi) is 8.96. The molecule has 138 valence electrons. The molecule has 2 aromatic carbocycles. The Morgan fingerprint density at radius 1 is 0.962 bits per heavy atom. The van der Waals surface area contributed by atoms with Crippen molar-refractivity contribution in [2.24, 2.45) is 11.7 Å². The van der Waals surface area contributed by atoms with E-state index in [0.717, 1.165) is 6.54 Å². The maximum absolute atomic E-state index is 6.13. The lowest BCUT2D eigenvalue weighted by Crippen LogP contribution is -2.34. The van der Waals surface area contributed by atoms with E-state index < -0.39 is 0 Å². The monoisotopic (exact) mass is 348 g/mol. The fourth-order valence-corrected chi connectivity index (χ4v) is 3.51. The standard InChI is InChI=1S/C13H19N.C11H13N/c14-13-9-5-4-8-12(13)10-11-6-2-1-3-7-11;1-3-9-12(2)10-11-7-5-4-6-8-11/h1-3,6-7,12-13H,4-5,8-10,14H2;1,4-8H,9-10H2,2H3. The number of rotatable bonds is 5. The zero-order valence-corrected chi connectivity index (χ0v) is 16.0. The summed E-state index contributed by atoms with van der Waals surface area (Å²) in [6, 6.07) is 21.5. The van der Waals surface area contributed by atoms with Crippen LogP contribution in [0, 0.1) is 18.3 Å². The second-order valence-corrected chi connectivity index (χ2v) is 7.26. The Balaban J connectivity index is 0.000000190. The fourth-order valence-electron chi connectivity index (χ4n) is 3.51. The Hall–Kier alpha value is -2.08. The first-order valence-electron chi connectivity index (χ1n) is 9.64. The van der Waals surface area contributed by atoms with Crippen molar-refractivity contribution in [1.29, 1.82) is 0 Å². The molecule has 0 spiro atoms. The first-order chi connectivity index (χ1) is 12.7. The van der Waals surface area contributed by atoms with E-state index in [0.29, 0.717) is 18.5 Å². The lowest BCUT2D eigenvalue weighted by atomic mass is 9.81. The van der Waals surface area contributed by atoms with Crippen molar-refractivity contribution in [3.8, 4) is 12.3 Å². The van der Waals surface area contributed by atoms with Gasteiger partial charge in [-0.2, -0.15) is 0 Å². The molecule has 0 radical (unpaired) electrons. The normalized spacial score (nSPS) is 19.3. The van der Waals surface area contributed by atoms with Gasteiger partial charge in [-0.1, -0.05) is 79.4 Å². The number of nitrogens with zero attached hydrogens (tertiary/aromatic N) is 1. The van der Waals surface area contributed by atoms with Crippen LogP contribution in [0.2, 0.25) is 0 Å². The first-order valence-corrected chi connectivity index (χ1v) is 9.64. The second-order valence-electron chi connectivity index (χ2n) is 7.26. The highest BCUT2D eigenvalue weighted by atomic mass is 15.1. The van der Waals surface area contributed by atoms with E-state index in [1.54, 1.807) is 0 Å². The maximum atomic E-state index is 6.13. The summed E-state index contributed by atoms with van der Waals surface area (Å²) >= 11 is 0. The van der Waals surface area contributed by atoms with E-state index in [2.05, 4.69) is 53.3 Å². The van der Waals surface area contributed by atoms with E-state index in [1.807, 2.05) is 25.2 Å². The fraction of sp³-hybridized carbons (Fsp3) is 0.417. The van der Waals surface area contributed by atoms with E-state index in [4.69, 9.17) is 12.2 Å². The molecule has 0 bridgehead atoms. The van der Waals surface area contributed by atoms with Crippen LogP contribution in [-0.2, 0) is 13.0 Å². The van der Waals surface area contributed by atoms with Crippen molar-refractivity contribution in [1.82, 2.24) is 4.90 Å². The Morgan fingerprint density at radius 3 is 2.12 bits per heavy atom. The summed E-state index contributed by atoms with van der Waals surface area (Å²) < 4.78 is 0. The van der Waals surface area contributed by atoms with E-state index >= 15 is 0 Å². The SMILES string of the molecule is C#CCN(C)Cc1ccccc1.NC1CCCCC1Cc1ccccc1. The minimum atomic E-state index is 0.434. The number of terminal acetylenes is 1. The van der Waals surface area contributed by atoms with Crippen molar-refractivity contribution in [3.05, 3.63) is 71.8 Å². The molecule has 1 aliphatic carbocycles. The van der Waals surface area contributed by atoms with E-state index in [1.165, 1.54) is 43.2 Å². The number of benzene rings is 2. The van der Waals surface area contributed by atoms with Gasteiger partial charge in [0.2, 0.25) is 0 Å². The molecule has 2 aromatic rings. The van der Waals surface area contributed by atoms with Crippen molar-refractivity contribution < 1.29 is 0 Å². The minimum absolute atomic E-state index is 0.434. The highest BCUT2D eigenvalue weighted by Gasteiger charge is 2.21. The van der Waals surface area contributed by atoms with Crippen molar-refractivity contribution in [2.45, 2.75) is 44.7 Å². The minimum Gasteiger partial charge on any atom is -0.327 e. The molecule has 0 amide bonds. The first kappa shape index (κ1) is 20.2. The number of nitrogens with two attached hydrogens (primary N) is 1. The van der Waals surface area contributed by atoms with Gasteiger partial charge in [-0.3, -0.25) is 4.90 Å². The van der Waals surface area contributed by atoms with Crippen LogP contribution >= 0.6 is 0 Å². The van der Waals surface area contributed by atoms with Crippen molar-refractivity contribution in [2.75, 3.05) is 13.6 Å². The summed E-state index contributed by atoms with van der Waals surface area (Å²) in [6.45, 7) is 1.62. The molecule has 0 saturated heterocycles. The molecule has 26 heavy (non-hydrogen) atoms. The van der Waals surface area contributed by atoms with Crippen LogP contribution in [0.4, 0.5) is 0 Å². The molecule has 1 saturated carbocycles. The van der Waals surface area contributed by atoms with E-state index in [9.17, 15) is 0 Å². The molecule has 2 atom stereocenters. The van der Waals surface area contributed by atoms with Gasteiger partial charge in [0.15, 0.2) is 0 Å². The quantitative estimate of drug-likeness (QED) is 0.806. The molecule has 0 heterocycles. The van der Waals surface area contributed by atoms with Gasteiger partial charge in [0, 0.05) is 12.6 Å². The predicted molar refractivity (Wildman–Crippen MR) is 112 cm³/mol. The molecule has 0 aromatic heterocycles. The number of hydrogen-bond donors (Lipinski definition) is 1. The van der Waals surface area contributed by atoms with Gasteiger partial charge in [-0.05, 0) is 43.4 Å². The maximum Gasteiger partial charge on any atom is 0.0599 e. The van der Waals surface area contributed by atoms with Crippen LogP contribution in [0.1, 0.15) is 36.8 Å². The summed E-state index contributed by atoms with van der Waals surface area (Å²) in [5.41, 5.74) is 8.87. The molecular weight excluding hydrogens is 316 g/mol. The van der Waals surface area contributed by atoms with Gasteiger partial charge in [-0.15, -0.1) is 6.42 Å². The lowest BCUT2D eigenvalue weighted by Gasteiger charge is -2.28. The van der Waals surface area contributed by atoms with Crippen LogP contribution in [0.15, 0.2) is 60.7 Å². The highest BCUT2D eigenvalue weighted by molar-refractivity contribution is 5.16. The van der Waals surface area contributed by atoms with Gasteiger partial charge in [0.1, 0.15) is 0 Å². The number of hydrogen-bond acceptors (Lipinski definition) is 2.